The Morgan fingerprint density at radius 3 is 2.44 bits per heavy atom. The fraction of sp³-hybridized carbons (Fsp3) is 0.581. The third-order valence-electron chi connectivity index (χ3n) is 8.59. The Labute approximate surface area is 244 Å². The van der Waals surface area contributed by atoms with Gasteiger partial charge >= 0.3 is 5.97 Å². The van der Waals surface area contributed by atoms with Gasteiger partial charge in [-0.2, -0.15) is 8.42 Å². The van der Waals surface area contributed by atoms with Crippen LogP contribution >= 0.6 is 0 Å². The first-order valence-electron chi connectivity index (χ1n) is 14.3. The van der Waals surface area contributed by atoms with Crippen LogP contribution in [0.15, 0.2) is 35.2 Å². The third-order valence-corrected chi connectivity index (χ3v) is 9.54. The Bertz CT molecular complexity index is 1360. The number of rotatable bonds is 10. The number of piperidine rings is 1. The molecule has 0 aliphatic carbocycles. The third kappa shape index (κ3) is 7.05. The van der Waals surface area contributed by atoms with E-state index in [9.17, 15) is 17.8 Å². The van der Waals surface area contributed by atoms with E-state index in [1.807, 2.05) is 39.0 Å². The molecule has 3 N–H and O–H groups in total. The Morgan fingerprint density at radius 2 is 1.80 bits per heavy atom. The van der Waals surface area contributed by atoms with Crippen molar-refractivity contribution in [3.8, 4) is 11.5 Å². The maximum absolute atomic E-state index is 13.1. The predicted octanol–water partition coefficient (Wildman–Crippen LogP) is 4.34. The number of fused-ring (bicyclic) bond motifs is 3. The van der Waals surface area contributed by atoms with Gasteiger partial charge in [-0.05, 0) is 72.9 Å². The fourth-order valence-corrected chi connectivity index (χ4v) is 7.09. The summed E-state index contributed by atoms with van der Waals surface area (Å²) in [5, 5.41) is 0. The second kappa shape index (κ2) is 12.7. The van der Waals surface area contributed by atoms with Crippen LogP contribution in [0.1, 0.15) is 61.9 Å². The summed E-state index contributed by atoms with van der Waals surface area (Å²) in [6, 6.07) is 8.40. The van der Waals surface area contributed by atoms with Crippen molar-refractivity contribution in [2.75, 3.05) is 27.3 Å². The summed E-state index contributed by atoms with van der Waals surface area (Å²) in [7, 11) is -1.08. The van der Waals surface area contributed by atoms with E-state index in [1.165, 1.54) is 11.6 Å². The number of nitrogens with two attached hydrogens (primary N) is 1. The van der Waals surface area contributed by atoms with Crippen LogP contribution in [0, 0.1) is 24.7 Å². The molecule has 0 saturated carbocycles. The van der Waals surface area contributed by atoms with E-state index in [0.717, 1.165) is 37.1 Å². The highest BCUT2D eigenvalue weighted by Crippen LogP contribution is 2.44. The van der Waals surface area contributed by atoms with Crippen LogP contribution in [0.3, 0.4) is 0 Å². The van der Waals surface area contributed by atoms with E-state index in [4.69, 9.17) is 19.9 Å². The second-order valence-electron chi connectivity index (χ2n) is 12.0. The molecule has 9 nitrogen and oxygen atoms in total. The summed E-state index contributed by atoms with van der Waals surface area (Å²) in [6.45, 7) is 9.38. The van der Waals surface area contributed by atoms with Crippen molar-refractivity contribution in [1.82, 2.24) is 4.90 Å². The summed E-state index contributed by atoms with van der Waals surface area (Å²) in [5.41, 5.74) is 10.1. The molecule has 226 valence electrons. The largest absolute Gasteiger partial charge is 0.493 e. The molecule has 2 heterocycles. The molecule has 2 aromatic rings. The maximum Gasteiger partial charge on any atom is 0.323 e. The van der Waals surface area contributed by atoms with Crippen LogP contribution < -0.4 is 15.2 Å². The first kappa shape index (κ1) is 31.3. The minimum absolute atomic E-state index is 0.0326. The first-order chi connectivity index (χ1) is 19.3. The molecule has 0 aromatic heterocycles. The normalized spacial score (nSPS) is 22.4. The average molecular weight is 589 g/mol. The van der Waals surface area contributed by atoms with E-state index >= 15 is 0 Å². The quantitative estimate of drug-likeness (QED) is 0.308. The molecule has 2 aromatic carbocycles. The van der Waals surface area contributed by atoms with E-state index < -0.39 is 22.1 Å². The molecule has 1 unspecified atom stereocenters. The summed E-state index contributed by atoms with van der Waals surface area (Å²) in [6.07, 6.45) is 2.34. The number of hydrogen-bond acceptors (Lipinski definition) is 8. The lowest BCUT2D eigenvalue weighted by molar-refractivity contribution is -0.160. The number of nitrogens with zero attached hydrogens (tertiary/aromatic N) is 1. The molecule has 2 aliphatic rings. The lowest BCUT2D eigenvalue weighted by Crippen LogP contribution is -2.51. The zero-order valence-corrected chi connectivity index (χ0v) is 25.7. The van der Waals surface area contributed by atoms with Gasteiger partial charge in [0.05, 0.1) is 19.1 Å². The molecular formula is C31H44N2O7S. The molecule has 10 heteroatoms. The number of methoxy groups -OCH3 is 2. The van der Waals surface area contributed by atoms with Crippen molar-refractivity contribution in [2.24, 2.45) is 23.5 Å². The molecule has 1 saturated heterocycles. The topological polar surface area (TPSA) is 128 Å². The smallest absolute Gasteiger partial charge is 0.323 e. The summed E-state index contributed by atoms with van der Waals surface area (Å²) < 4.78 is 51.2. The number of ether oxygens (including phenoxy) is 3. The molecule has 0 spiro atoms. The van der Waals surface area contributed by atoms with Crippen molar-refractivity contribution < 1.29 is 32.0 Å². The molecule has 2 aliphatic heterocycles. The predicted molar refractivity (Wildman–Crippen MR) is 157 cm³/mol. The number of carbonyl (C=O) groups is 1. The zero-order chi connectivity index (χ0) is 30.1. The highest BCUT2D eigenvalue weighted by Gasteiger charge is 2.42. The van der Waals surface area contributed by atoms with Crippen LogP contribution in [0.25, 0.3) is 0 Å². The van der Waals surface area contributed by atoms with Gasteiger partial charge in [0.1, 0.15) is 12.1 Å². The molecule has 4 rings (SSSR count). The summed E-state index contributed by atoms with van der Waals surface area (Å²) in [5.74, 6) is 1.03. The van der Waals surface area contributed by atoms with Crippen molar-refractivity contribution >= 4 is 16.1 Å². The Hall–Kier alpha value is -2.66. The van der Waals surface area contributed by atoms with Crippen molar-refractivity contribution in [1.29, 1.82) is 0 Å². The zero-order valence-electron chi connectivity index (χ0n) is 24.9. The number of esters is 1. The lowest BCUT2D eigenvalue weighted by atomic mass is 9.78. The summed E-state index contributed by atoms with van der Waals surface area (Å²) in [4.78, 5) is 15.5. The standard InChI is InChI=1S/C31H44N2O7S/c1-18(2)30(32)31(34)40-26-16-25-24-15-28(39-6)27(38-5)14-21(24)9-10-33(25)17-23(26)13-20(4)12-22-11-19(3)7-8-29(22)41(35,36)37/h7-8,11,14-15,18,20,23,25-26,30H,9-10,12-13,16-17,32H2,1-6H3,(H,35,36,37)/t20?,23-,25-,26-,30+/m1/s1. The van der Waals surface area contributed by atoms with Gasteiger partial charge in [-0.3, -0.25) is 14.2 Å². The maximum atomic E-state index is 13.1. The molecular weight excluding hydrogens is 544 g/mol. The number of hydrogen-bond donors (Lipinski definition) is 2. The van der Waals surface area contributed by atoms with Crippen LogP contribution in [-0.2, 0) is 32.5 Å². The van der Waals surface area contributed by atoms with Crippen LogP contribution in [0.4, 0.5) is 0 Å². The van der Waals surface area contributed by atoms with E-state index in [-0.39, 0.29) is 34.8 Å². The molecule has 41 heavy (non-hydrogen) atoms. The molecule has 5 atom stereocenters. The van der Waals surface area contributed by atoms with Gasteiger partial charge < -0.3 is 19.9 Å². The van der Waals surface area contributed by atoms with Crippen LogP contribution in [0.5, 0.6) is 11.5 Å². The van der Waals surface area contributed by atoms with Crippen LogP contribution in [-0.4, -0.2) is 63.3 Å². The van der Waals surface area contributed by atoms with Gasteiger partial charge in [0.15, 0.2) is 11.5 Å². The first-order valence-corrected chi connectivity index (χ1v) is 15.8. The minimum Gasteiger partial charge on any atom is -0.493 e. The SMILES string of the molecule is COc1cc2c(cc1OC)[C@H]1C[C@@H](OC(=O)[C@@H](N)C(C)C)[C@H](CC(C)Cc3cc(C)ccc3S(=O)(=O)O)CN1CC2. The van der Waals surface area contributed by atoms with E-state index in [1.54, 1.807) is 20.3 Å². The van der Waals surface area contributed by atoms with Gasteiger partial charge in [-0.25, -0.2) is 0 Å². The number of benzene rings is 2. The minimum atomic E-state index is -4.34. The average Bonchev–Trinajstić information content (AvgIpc) is 2.91. The monoisotopic (exact) mass is 588 g/mol. The molecule has 1 fully saturated rings. The van der Waals surface area contributed by atoms with Crippen molar-refractivity contribution in [3.63, 3.8) is 0 Å². The van der Waals surface area contributed by atoms with E-state index in [2.05, 4.69) is 11.8 Å². The molecule has 0 bridgehead atoms. The molecule has 0 amide bonds. The lowest BCUT2D eigenvalue weighted by Gasteiger charge is -2.47. The van der Waals surface area contributed by atoms with Crippen molar-refractivity contribution in [2.45, 2.75) is 76.5 Å². The van der Waals surface area contributed by atoms with Crippen molar-refractivity contribution in [3.05, 3.63) is 52.6 Å². The highest BCUT2D eigenvalue weighted by atomic mass is 32.2. The van der Waals surface area contributed by atoms with Gasteiger partial charge in [0.25, 0.3) is 10.1 Å². The Morgan fingerprint density at radius 1 is 1.12 bits per heavy atom. The Kier molecular flexibility index (Phi) is 9.68. The van der Waals surface area contributed by atoms with E-state index in [0.29, 0.717) is 29.9 Å². The number of carbonyl (C=O) groups excluding carboxylic acids is 1. The van der Waals surface area contributed by atoms with Crippen LogP contribution in [0.2, 0.25) is 0 Å². The summed E-state index contributed by atoms with van der Waals surface area (Å²) >= 11 is 0. The molecule has 0 radical (unpaired) electrons. The Balaban J connectivity index is 1.61. The highest BCUT2D eigenvalue weighted by molar-refractivity contribution is 7.85. The second-order valence-corrected chi connectivity index (χ2v) is 13.4. The van der Waals surface area contributed by atoms with Gasteiger partial charge in [-0.15, -0.1) is 0 Å². The van der Waals surface area contributed by atoms with Gasteiger partial charge in [-0.1, -0.05) is 38.5 Å². The fourth-order valence-electron chi connectivity index (χ4n) is 6.37. The van der Waals surface area contributed by atoms with Gasteiger partial charge in [0, 0.05) is 31.5 Å². The number of aryl methyl sites for hydroxylation is 1. The van der Waals surface area contributed by atoms with Gasteiger partial charge in [0.2, 0.25) is 0 Å².